The monoisotopic (exact) mass is 552 g/mol. The number of rotatable bonds is 3. The first kappa shape index (κ1) is 28.9. The zero-order valence-electron chi connectivity index (χ0n) is 26.7. The van der Waals surface area contributed by atoms with E-state index >= 15 is 0 Å². The Kier molecular flexibility index (Phi) is 6.44. The van der Waals surface area contributed by atoms with Gasteiger partial charge in [0.25, 0.3) is 5.91 Å². The number of fused-ring (bicyclic) bond motifs is 7. The second kappa shape index (κ2) is 8.91. The molecule has 1 unspecified atom stereocenters. The van der Waals surface area contributed by atoms with Crippen molar-refractivity contribution in [3.05, 3.63) is 11.6 Å². The third-order valence-corrected chi connectivity index (χ3v) is 14.8. The number of carbonyl (C=O) groups is 2. The fourth-order valence-electron chi connectivity index (χ4n) is 11.5. The average molecular weight is 553 g/mol. The van der Waals surface area contributed by atoms with E-state index in [1.54, 1.807) is 5.06 Å². The third-order valence-electron chi connectivity index (χ3n) is 14.8. The fraction of sp³-hybridized carbons (Fsp3) is 0.886. The van der Waals surface area contributed by atoms with E-state index in [9.17, 15) is 9.59 Å². The lowest BCUT2D eigenvalue weighted by Crippen LogP contribution is -2.67. The highest BCUT2D eigenvalue weighted by Gasteiger charge is 2.70. The maximum Gasteiger partial charge on any atom is 0.251 e. The SMILES string of the molecule is CN(OC1CCC1)C(=O)[C@@]1(C)CC[C@]2(C)CC[C@]3(C)C(=CC(=O)[C@@H]4[C@@]5(C)CC[C@H](N)C(C)(C)C5CC[C@]43C)[C@@H]2C1. The van der Waals surface area contributed by atoms with Gasteiger partial charge in [-0.25, -0.2) is 5.06 Å². The quantitative estimate of drug-likeness (QED) is 0.375. The van der Waals surface area contributed by atoms with Crippen molar-refractivity contribution in [3.8, 4) is 0 Å². The average Bonchev–Trinajstić information content (AvgIpc) is 2.85. The smallest absolute Gasteiger partial charge is 0.251 e. The molecule has 6 rings (SSSR count). The molecule has 224 valence electrons. The summed E-state index contributed by atoms with van der Waals surface area (Å²) in [5.74, 6) is 1.26. The molecule has 0 aliphatic heterocycles. The van der Waals surface area contributed by atoms with Crippen LogP contribution in [0.2, 0.25) is 0 Å². The van der Waals surface area contributed by atoms with Crippen LogP contribution in [0.3, 0.4) is 0 Å². The summed E-state index contributed by atoms with van der Waals surface area (Å²) in [6, 6.07) is 0.203. The van der Waals surface area contributed by atoms with Crippen molar-refractivity contribution >= 4 is 11.7 Å². The number of hydrogen-bond acceptors (Lipinski definition) is 4. The molecule has 0 radical (unpaired) electrons. The lowest BCUT2D eigenvalue weighted by molar-refractivity contribution is -0.221. The Morgan fingerprint density at radius 2 is 1.60 bits per heavy atom. The van der Waals surface area contributed by atoms with Crippen molar-refractivity contribution in [2.45, 2.75) is 138 Å². The molecule has 0 spiro atoms. The molecule has 6 aliphatic carbocycles. The van der Waals surface area contributed by atoms with Crippen LogP contribution < -0.4 is 5.73 Å². The summed E-state index contributed by atoms with van der Waals surface area (Å²) in [5.41, 5.74) is 7.69. The normalized spacial score (nSPS) is 49.9. The summed E-state index contributed by atoms with van der Waals surface area (Å²) in [6.07, 6.45) is 15.0. The first-order chi connectivity index (χ1) is 18.5. The minimum absolute atomic E-state index is 0.0200. The maximum atomic E-state index is 14.5. The number of nitrogens with two attached hydrogens (primary N) is 1. The molecule has 5 saturated carbocycles. The summed E-state index contributed by atoms with van der Waals surface area (Å²) >= 11 is 0. The van der Waals surface area contributed by atoms with Gasteiger partial charge in [0, 0.05) is 24.4 Å². The molecule has 0 aromatic rings. The highest BCUT2D eigenvalue weighted by molar-refractivity contribution is 5.95. The predicted molar refractivity (Wildman–Crippen MR) is 159 cm³/mol. The van der Waals surface area contributed by atoms with E-state index in [0.717, 1.165) is 64.2 Å². The van der Waals surface area contributed by atoms with Gasteiger partial charge >= 0.3 is 0 Å². The lowest BCUT2D eigenvalue weighted by atomic mass is 9.33. The Balaban J connectivity index is 1.36. The first-order valence-electron chi connectivity index (χ1n) is 16.5. The van der Waals surface area contributed by atoms with Crippen LogP contribution in [0.5, 0.6) is 0 Å². The highest BCUT2D eigenvalue weighted by atomic mass is 16.7. The number of hydrogen-bond donors (Lipinski definition) is 1. The molecule has 9 atom stereocenters. The van der Waals surface area contributed by atoms with Crippen LogP contribution in [0.4, 0.5) is 0 Å². The standard InChI is InChI=1S/C35H56N2O3/c1-30(2)26-12-15-35(7)28(33(26,5)14-13-27(30)36)25(38)20-23-24-21-32(4,29(39)37(8)40-22-10-9-11-22)17-16-31(24,3)18-19-34(23,35)6/h20,22,24,26-28H,9-19,21,36H2,1-8H3/t24-,26?,27-,28+,31+,32-,33-,34+,35+/m0/s1. The second-order valence-corrected chi connectivity index (χ2v) is 17.2. The Bertz CT molecular complexity index is 1130. The predicted octanol–water partition coefficient (Wildman–Crippen LogP) is 7.24. The minimum atomic E-state index is -0.463. The first-order valence-corrected chi connectivity index (χ1v) is 16.5. The van der Waals surface area contributed by atoms with Gasteiger partial charge in [-0.3, -0.25) is 14.4 Å². The van der Waals surface area contributed by atoms with Crippen LogP contribution in [-0.4, -0.2) is 35.9 Å². The van der Waals surface area contributed by atoms with E-state index in [4.69, 9.17) is 10.6 Å². The molecule has 6 aliphatic rings. The summed E-state index contributed by atoms with van der Waals surface area (Å²) < 4.78 is 0. The second-order valence-electron chi connectivity index (χ2n) is 17.2. The number of allylic oxidation sites excluding steroid dienone is 2. The molecule has 0 aromatic heterocycles. The Labute approximate surface area is 243 Å². The van der Waals surface area contributed by atoms with Gasteiger partial charge in [0.05, 0.1) is 6.10 Å². The molecule has 5 fully saturated rings. The van der Waals surface area contributed by atoms with Gasteiger partial charge in [-0.2, -0.15) is 0 Å². The fourth-order valence-corrected chi connectivity index (χ4v) is 11.5. The number of nitrogens with zero attached hydrogens (tertiary/aromatic N) is 1. The van der Waals surface area contributed by atoms with Crippen molar-refractivity contribution in [1.82, 2.24) is 5.06 Å². The van der Waals surface area contributed by atoms with Gasteiger partial charge < -0.3 is 5.73 Å². The van der Waals surface area contributed by atoms with Crippen LogP contribution in [0, 0.1) is 50.2 Å². The zero-order valence-corrected chi connectivity index (χ0v) is 26.7. The van der Waals surface area contributed by atoms with Crippen molar-refractivity contribution in [2.24, 2.45) is 56.0 Å². The van der Waals surface area contributed by atoms with Crippen molar-refractivity contribution in [1.29, 1.82) is 0 Å². The van der Waals surface area contributed by atoms with E-state index in [1.807, 2.05) is 7.05 Å². The van der Waals surface area contributed by atoms with Gasteiger partial charge in [-0.05, 0) is 122 Å². The summed E-state index contributed by atoms with van der Waals surface area (Å²) in [5, 5.41) is 1.56. The minimum Gasteiger partial charge on any atom is -0.327 e. The number of amides is 1. The molecule has 5 heteroatoms. The van der Waals surface area contributed by atoms with Gasteiger partial charge in [0.15, 0.2) is 5.78 Å². The van der Waals surface area contributed by atoms with Gasteiger partial charge in [0.1, 0.15) is 0 Å². The van der Waals surface area contributed by atoms with Gasteiger partial charge in [-0.1, -0.05) is 54.0 Å². The topological polar surface area (TPSA) is 72.6 Å². The third kappa shape index (κ3) is 3.71. The highest BCUT2D eigenvalue weighted by Crippen LogP contribution is 2.75. The van der Waals surface area contributed by atoms with Gasteiger partial charge in [-0.15, -0.1) is 0 Å². The molecule has 5 nitrogen and oxygen atoms in total. The molecule has 0 saturated heterocycles. The zero-order chi connectivity index (χ0) is 29.1. The molecule has 1 amide bonds. The number of carbonyl (C=O) groups excluding carboxylic acids is 2. The molecular weight excluding hydrogens is 496 g/mol. The Hall–Kier alpha value is -1.20. The van der Waals surface area contributed by atoms with Gasteiger partial charge in [0.2, 0.25) is 0 Å². The van der Waals surface area contributed by atoms with Crippen molar-refractivity contribution in [2.75, 3.05) is 7.05 Å². The van der Waals surface area contributed by atoms with E-state index in [0.29, 0.717) is 11.7 Å². The Morgan fingerprint density at radius 1 is 0.925 bits per heavy atom. The maximum absolute atomic E-state index is 14.5. The molecular formula is C35H56N2O3. The number of ketones is 1. The van der Waals surface area contributed by atoms with Crippen LogP contribution >= 0.6 is 0 Å². The van der Waals surface area contributed by atoms with Crippen LogP contribution in [0.15, 0.2) is 11.6 Å². The van der Waals surface area contributed by atoms with E-state index in [2.05, 4.69) is 54.5 Å². The molecule has 0 heterocycles. The van der Waals surface area contributed by atoms with Crippen LogP contribution in [0.25, 0.3) is 0 Å². The summed E-state index contributed by atoms with van der Waals surface area (Å²) in [4.78, 5) is 34.4. The van der Waals surface area contributed by atoms with Crippen LogP contribution in [0.1, 0.15) is 126 Å². The summed E-state index contributed by atoms with van der Waals surface area (Å²) in [7, 11) is 1.82. The molecule has 0 bridgehead atoms. The summed E-state index contributed by atoms with van der Waals surface area (Å²) in [6.45, 7) is 16.7. The van der Waals surface area contributed by atoms with Crippen molar-refractivity contribution in [3.63, 3.8) is 0 Å². The van der Waals surface area contributed by atoms with Crippen molar-refractivity contribution < 1.29 is 14.4 Å². The molecule has 2 N–H and O–H groups in total. The Morgan fingerprint density at radius 3 is 2.25 bits per heavy atom. The number of hydroxylamine groups is 2. The van der Waals surface area contributed by atoms with E-state index in [-0.39, 0.29) is 57.0 Å². The lowest BCUT2D eigenvalue weighted by Gasteiger charge is -2.70. The van der Waals surface area contributed by atoms with E-state index < -0.39 is 5.41 Å². The van der Waals surface area contributed by atoms with Crippen LogP contribution in [-0.2, 0) is 14.4 Å². The largest absolute Gasteiger partial charge is 0.327 e. The van der Waals surface area contributed by atoms with E-state index in [1.165, 1.54) is 18.4 Å². The molecule has 0 aromatic carbocycles. The molecule has 40 heavy (non-hydrogen) atoms.